The predicted molar refractivity (Wildman–Crippen MR) is 65.0 cm³/mol. The van der Waals surface area contributed by atoms with Gasteiger partial charge in [-0.3, -0.25) is 0 Å². The highest BCUT2D eigenvalue weighted by Crippen LogP contribution is 2.49. The summed E-state index contributed by atoms with van der Waals surface area (Å²) >= 11 is 0. The Morgan fingerprint density at radius 1 is 0.875 bits per heavy atom. The van der Waals surface area contributed by atoms with Gasteiger partial charge < -0.3 is 10.4 Å². The third-order valence-electron chi connectivity index (χ3n) is 3.25. The highest BCUT2D eigenvalue weighted by atomic mass is 32.3. The maximum Gasteiger partial charge on any atom is 0.499 e. The topological polar surface area (TPSA) is 133 Å². The SMILES string of the molecule is O=S(=O)(C(F)(F)F)C1(S(=O)(=O)C(F)(F)F)CCCC(=NO)C1=NO. The fourth-order valence-electron chi connectivity index (χ4n) is 2.22. The molecule has 1 aliphatic carbocycles. The Morgan fingerprint density at radius 2 is 1.29 bits per heavy atom. The van der Waals surface area contributed by atoms with Crippen LogP contribution in [0.15, 0.2) is 10.3 Å². The van der Waals surface area contributed by atoms with E-state index in [2.05, 4.69) is 5.16 Å². The molecular weight excluding hydrogens is 398 g/mol. The van der Waals surface area contributed by atoms with E-state index in [-0.39, 0.29) is 0 Å². The van der Waals surface area contributed by atoms with E-state index < -0.39 is 65.5 Å². The number of nitrogens with zero attached hydrogens (tertiary/aromatic N) is 2. The number of alkyl halides is 6. The minimum Gasteiger partial charge on any atom is -0.411 e. The maximum atomic E-state index is 12.9. The summed E-state index contributed by atoms with van der Waals surface area (Å²) in [6.45, 7) is 0. The summed E-state index contributed by atoms with van der Waals surface area (Å²) in [5.74, 6) is 0. The van der Waals surface area contributed by atoms with Gasteiger partial charge in [-0.2, -0.15) is 26.3 Å². The van der Waals surface area contributed by atoms with Gasteiger partial charge in [0.1, 0.15) is 11.4 Å². The first-order valence-electron chi connectivity index (χ1n) is 5.67. The van der Waals surface area contributed by atoms with Crippen molar-refractivity contribution in [3.8, 4) is 0 Å². The highest BCUT2D eigenvalue weighted by molar-refractivity contribution is 8.12. The van der Waals surface area contributed by atoms with Crippen molar-refractivity contribution in [2.45, 2.75) is 34.4 Å². The molecule has 1 saturated carbocycles. The normalized spacial score (nSPS) is 23.6. The first-order valence-corrected chi connectivity index (χ1v) is 8.64. The molecule has 24 heavy (non-hydrogen) atoms. The van der Waals surface area contributed by atoms with Gasteiger partial charge >= 0.3 is 11.0 Å². The van der Waals surface area contributed by atoms with Gasteiger partial charge in [0.05, 0.1) is 0 Å². The Labute approximate surface area is 130 Å². The third-order valence-corrected chi connectivity index (χ3v) is 8.32. The molecule has 8 nitrogen and oxygen atoms in total. The van der Waals surface area contributed by atoms with E-state index in [0.717, 1.165) is 0 Å². The van der Waals surface area contributed by atoms with Gasteiger partial charge in [0.2, 0.25) is 4.08 Å². The van der Waals surface area contributed by atoms with Crippen LogP contribution in [0.5, 0.6) is 0 Å². The van der Waals surface area contributed by atoms with E-state index in [1.165, 1.54) is 0 Å². The zero-order valence-electron chi connectivity index (χ0n) is 11.1. The van der Waals surface area contributed by atoms with Crippen LogP contribution < -0.4 is 0 Å². The molecule has 0 aromatic heterocycles. The lowest BCUT2D eigenvalue weighted by Crippen LogP contribution is -2.64. The van der Waals surface area contributed by atoms with E-state index in [9.17, 15) is 43.2 Å². The van der Waals surface area contributed by atoms with Crippen molar-refractivity contribution in [2.24, 2.45) is 10.3 Å². The van der Waals surface area contributed by atoms with Crippen LogP contribution in [0.4, 0.5) is 26.3 Å². The van der Waals surface area contributed by atoms with Crippen molar-refractivity contribution in [1.82, 2.24) is 0 Å². The molecule has 0 aromatic rings. The van der Waals surface area contributed by atoms with Gasteiger partial charge in [0.15, 0.2) is 0 Å². The van der Waals surface area contributed by atoms with Crippen molar-refractivity contribution in [2.75, 3.05) is 0 Å². The second kappa shape index (κ2) is 5.75. The van der Waals surface area contributed by atoms with E-state index in [0.29, 0.717) is 0 Å². The molecule has 2 N–H and O–H groups in total. The summed E-state index contributed by atoms with van der Waals surface area (Å²) in [6, 6.07) is 0. The monoisotopic (exact) mass is 406 g/mol. The first-order chi connectivity index (χ1) is 10.6. The summed E-state index contributed by atoms with van der Waals surface area (Å²) in [5, 5.41) is 21.6. The molecule has 140 valence electrons. The van der Waals surface area contributed by atoms with Crippen molar-refractivity contribution < 1.29 is 53.6 Å². The Balaban J connectivity index is 4.09. The van der Waals surface area contributed by atoms with Crippen molar-refractivity contribution in [3.63, 3.8) is 0 Å². The van der Waals surface area contributed by atoms with E-state index in [1.54, 1.807) is 0 Å². The van der Waals surface area contributed by atoms with Crippen LogP contribution >= 0.6 is 0 Å². The summed E-state index contributed by atoms with van der Waals surface area (Å²) in [7, 11) is -14.2. The van der Waals surface area contributed by atoms with Crippen LogP contribution in [-0.2, 0) is 19.7 Å². The average molecular weight is 406 g/mol. The Bertz CT molecular complexity index is 735. The zero-order valence-corrected chi connectivity index (χ0v) is 12.8. The number of halogens is 6. The molecule has 0 spiro atoms. The molecule has 0 radical (unpaired) electrons. The number of oxime groups is 2. The van der Waals surface area contributed by atoms with Crippen molar-refractivity contribution in [1.29, 1.82) is 0 Å². The van der Waals surface area contributed by atoms with E-state index in [1.807, 2.05) is 5.16 Å². The highest BCUT2D eigenvalue weighted by Gasteiger charge is 2.76. The van der Waals surface area contributed by atoms with Gasteiger partial charge in [-0.25, -0.2) is 16.8 Å². The van der Waals surface area contributed by atoms with E-state index in [4.69, 9.17) is 10.4 Å². The Kier molecular flexibility index (Phi) is 4.90. The summed E-state index contributed by atoms with van der Waals surface area (Å²) in [4.78, 5) is 0. The van der Waals surface area contributed by atoms with Crippen LogP contribution in [0, 0.1) is 0 Å². The largest absolute Gasteiger partial charge is 0.499 e. The summed E-state index contributed by atoms with van der Waals surface area (Å²) in [5.41, 5.74) is -16.1. The first kappa shape index (κ1) is 20.5. The second-order valence-corrected chi connectivity index (χ2v) is 9.09. The smallest absolute Gasteiger partial charge is 0.411 e. The van der Waals surface area contributed by atoms with Crippen LogP contribution in [0.2, 0.25) is 0 Å². The molecule has 1 rings (SSSR count). The zero-order chi connectivity index (χ0) is 19.2. The number of rotatable bonds is 2. The molecule has 0 amide bonds. The molecule has 1 aliphatic rings. The molecule has 16 heteroatoms. The number of hydrogen-bond acceptors (Lipinski definition) is 8. The van der Waals surface area contributed by atoms with E-state index >= 15 is 0 Å². The van der Waals surface area contributed by atoms with Gasteiger partial charge in [0.25, 0.3) is 19.7 Å². The predicted octanol–water partition coefficient (Wildman–Crippen LogP) is 1.40. The van der Waals surface area contributed by atoms with Gasteiger partial charge in [0, 0.05) is 0 Å². The van der Waals surface area contributed by atoms with Gasteiger partial charge in [-0.15, -0.1) is 0 Å². The number of hydrogen-bond donors (Lipinski definition) is 2. The van der Waals surface area contributed by atoms with Gasteiger partial charge in [-0.05, 0) is 19.3 Å². The molecule has 0 atom stereocenters. The second-order valence-electron chi connectivity index (χ2n) is 4.50. The lowest BCUT2D eigenvalue weighted by molar-refractivity contribution is -0.0483. The minimum atomic E-state index is -7.10. The van der Waals surface area contributed by atoms with Crippen molar-refractivity contribution >= 4 is 31.1 Å². The fourth-order valence-corrected chi connectivity index (χ4v) is 6.34. The quantitative estimate of drug-likeness (QED) is 0.405. The maximum absolute atomic E-state index is 12.9. The molecule has 0 bridgehead atoms. The van der Waals surface area contributed by atoms with Crippen molar-refractivity contribution in [3.05, 3.63) is 0 Å². The number of sulfone groups is 2. The molecule has 0 heterocycles. The lowest BCUT2D eigenvalue weighted by Gasteiger charge is -2.36. The molecule has 0 unspecified atom stereocenters. The molecule has 0 saturated heterocycles. The molecule has 1 fully saturated rings. The standard InChI is InChI=1S/C8H8F6N2O6S2/c9-7(10,11)23(19,20)6(24(21,22)8(12,13)14)3-1-2-4(15-17)5(6)16-18/h17-18H,1-3H2. The van der Waals surface area contributed by atoms with Crippen LogP contribution in [0.25, 0.3) is 0 Å². The Morgan fingerprint density at radius 3 is 1.58 bits per heavy atom. The molecular formula is C8H8F6N2O6S2. The minimum absolute atomic E-state index is 0.613. The molecule has 0 aromatic carbocycles. The summed E-state index contributed by atoms with van der Waals surface area (Å²) in [6.07, 6.45) is -3.14. The van der Waals surface area contributed by atoms with Crippen LogP contribution in [0.3, 0.4) is 0 Å². The average Bonchev–Trinajstić information content (AvgIpc) is 2.43. The molecule has 0 aliphatic heterocycles. The Hall–Kier alpha value is -1.58. The lowest BCUT2D eigenvalue weighted by atomic mass is 9.95. The van der Waals surface area contributed by atoms with Gasteiger partial charge in [-0.1, -0.05) is 10.3 Å². The van der Waals surface area contributed by atoms with Crippen LogP contribution in [0.1, 0.15) is 19.3 Å². The third kappa shape index (κ3) is 2.51. The fraction of sp³-hybridized carbons (Fsp3) is 0.750. The van der Waals surface area contributed by atoms with Crippen LogP contribution in [-0.4, -0.2) is 53.8 Å². The summed E-state index contributed by atoms with van der Waals surface area (Å²) < 4.78 is 119.